The van der Waals surface area contributed by atoms with Crippen molar-refractivity contribution >= 4 is 39.9 Å². The molecule has 146 valence electrons. The fourth-order valence-electron chi connectivity index (χ4n) is 2.66. The Labute approximate surface area is 170 Å². The molecule has 0 fully saturated rings. The van der Waals surface area contributed by atoms with Gasteiger partial charge in [-0.25, -0.2) is 4.98 Å². The Morgan fingerprint density at radius 1 is 1.31 bits per heavy atom. The van der Waals surface area contributed by atoms with Crippen molar-refractivity contribution in [3.8, 4) is 11.8 Å². The Bertz CT molecular complexity index is 1160. The average Bonchev–Trinajstić information content (AvgIpc) is 2.71. The highest BCUT2D eigenvalue weighted by molar-refractivity contribution is 8.00. The van der Waals surface area contributed by atoms with Crippen LogP contribution >= 0.6 is 11.8 Å². The quantitative estimate of drug-likeness (QED) is 0.371. The molecule has 1 aromatic heterocycles. The van der Waals surface area contributed by atoms with E-state index in [-0.39, 0.29) is 17.1 Å². The normalized spacial score (nSPS) is 10.4. The number of aromatic nitrogens is 1. The van der Waals surface area contributed by atoms with E-state index in [1.54, 1.807) is 6.07 Å². The molecule has 8 nitrogen and oxygen atoms in total. The number of nitriles is 1. The van der Waals surface area contributed by atoms with E-state index in [4.69, 9.17) is 4.74 Å². The lowest BCUT2D eigenvalue weighted by Crippen LogP contribution is -2.15. The van der Waals surface area contributed by atoms with E-state index in [2.05, 4.69) is 16.4 Å². The molecule has 0 aliphatic heterocycles. The second-order valence-corrected chi connectivity index (χ2v) is 7.09. The standard InChI is InChI=1S/C20H16N4O4S/c1-12-3-4-13-8-14(10-21)20(23-17(13)7-12)29-11-19(25)22-16-6-5-15(28-2)9-18(16)24(26)27/h3-9H,11H2,1-2H3,(H,22,25). The zero-order chi connectivity index (χ0) is 21.0. The Morgan fingerprint density at radius 2 is 2.10 bits per heavy atom. The number of aryl methyl sites for hydroxylation is 1. The summed E-state index contributed by atoms with van der Waals surface area (Å²) in [7, 11) is 1.40. The van der Waals surface area contributed by atoms with Crippen LogP contribution in [0.25, 0.3) is 10.9 Å². The molecule has 9 heteroatoms. The minimum absolute atomic E-state index is 0.0534. The van der Waals surface area contributed by atoms with Crippen molar-refractivity contribution in [2.45, 2.75) is 11.9 Å². The number of nitro groups is 1. The highest BCUT2D eigenvalue weighted by atomic mass is 32.2. The molecule has 29 heavy (non-hydrogen) atoms. The highest BCUT2D eigenvalue weighted by Gasteiger charge is 2.18. The molecule has 0 saturated heterocycles. The van der Waals surface area contributed by atoms with Gasteiger partial charge in [-0.3, -0.25) is 14.9 Å². The lowest BCUT2D eigenvalue weighted by molar-refractivity contribution is -0.384. The number of rotatable bonds is 6. The zero-order valence-electron chi connectivity index (χ0n) is 15.6. The van der Waals surface area contributed by atoms with Crippen LogP contribution in [-0.4, -0.2) is 28.7 Å². The van der Waals surface area contributed by atoms with Crippen molar-refractivity contribution in [3.63, 3.8) is 0 Å². The monoisotopic (exact) mass is 408 g/mol. The number of anilines is 1. The highest BCUT2D eigenvalue weighted by Crippen LogP contribution is 2.30. The number of nitro benzene ring substituents is 1. The predicted octanol–water partition coefficient (Wildman–Crippen LogP) is 4.06. The smallest absolute Gasteiger partial charge is 0.296 e. The van der Waals surface area contributed by atoms with Gasteiger partial charge in [0, 0.05) is 5.39 Å². The second-order valence-electron chi connectivity index (χ2n) is 6.13. The van der Waals surface area contributed by atoms with Gasteiger partial charge < -0.3 is 10.1 Å². The number of fused-ring (bicyclic) bond motifs is 1. The van der Waals surface area contributed by atoms with Gasteiger partial charge in [0.2, 0.25) is 5.91 Å². The molecule has 0 aliphatic carbocycles. The van der Waals surface area contributed by atoms with Crippen molar-refractivity contribution in [2.24, 2.45) is 0 Å². The molecule has 0 saturated carbocycles. The third-order valence-electron chi connectivity index (χ3n) is 4.07. The summed E-state index contributed by atoms with van der Waals surface area (Å²) in [5, 5.41) is 24.4. The van der Waals surface area contributed by atoms with Crippen LogP contribution < -0.4 is 10.1 Å². The second kappa shape index (κ2) is 8.58. The molecule has 3 rings (SSSR count). The van der Waals surface area contributed by atoms with Gasteiger partial charge in [-0.15, -0.1) is 0 Å². The number of carbonyl (C=O) groups is 1. The Balaban J connectivity index is 1.78. The van der Waals surface area contributed by atoms with Crippen LogP contribution in [0.1, 0.15) is 11.1 Å². The van der Waals surface area contributed by atoms with E-state index in [0.29, 0.717) is 16.3 Å². The van der Waals surface area contributed by atoms with Crippen molar-refractivity contribution in [1.29, 1.82) is 5.26 Å². The average molecular weight is 408 g/mol. The lowest BCUT2D eigenvalue weighted by Gasteiger charge is -2.08. The number of hydrogen-bond acceptors (Lipinski definition) is 7. The van der Waals surface area contributed by atoms with Gasteiger partial charge in [-0.05, 0) is 36.8 Å². The molecule has 0 unspecified atom stereocenters. The topological polar surface area (TPSA) is 118 Å². The van der Waals surface area contributed by atoms with Crippen LogP contribution in [0.2, 0.25) is 0 Å². The molecule has 3 aromatic rings. The van der Waals surface area contributed by atoms with Crippen LogP contribution in [0, 0.1) is 28.4 Å². The third-order valence-corrected chi connectivity index (χ3v) is 5.07. The zero-order valence-corrected chi connectivity index (χ0v) is 16.4. The molecular formula is C20H16N4O4S. The fraction of sp³-hybridized carbons (Fsp3) is 0.150. The van der Waals surface area contributed by atoms with Gasteiger partial charge in [0.15, 0.2) is 0 Å². The van der Waals surface area contributed by atoms with E-state index >= 15 is 0 Å². The Morgan fingerprint density at radius 3 is 2.79 bits per heavy atom. The van der Waals surface area contributed by atoms with E-state index in [0.717, 1.165) is 28.2 Å². The third kappa shape index (κ3) is 4.62. The fourth-order valence-corrected chi connectivity index (χ4v) is 3.43. The van der Waals surface area contributed by atoms with E-state index in [9.17, 15) is 20.2 Å². The first-order valence-corrected chi connectivity index (χ1v) is 9.46. The largest absolute Gasteiger partial charge is 0.496 e. The number of pyridine rings is 1. The summed E-state index contributed by atoms with van der Waals surface area (Å²) < 4.78 is 4.98. The van der Waals surface area contributed by atoms with E-state index < -0.39 is 10.8 Å². The van der Waals surface area contributed by atoms with Crippen molar-refractivity contribution in [2.75, 3.05) is 18.2 Å². The summed E-state index contributed by atoms with van der Waals surface area (Å²) in [5.74, 6) is -0.181. The number of benzene rings is 2. The van der Waals surface area contributed by atoms with Crippen LogP contribution in [0.3, 0.4) is 0 Å². The Hall–Kier alpha value is -3.64. The number of carbonyl (C=O) groups excluding carboxylic acids is 1. The predicted molar refractivity (Wildman–Crippen MR) is 110 cm³/mol. The number of methoxy groups -OCH3 is 1. The molecule has 0 atom stereocenters. The maximum atomic E-state index is 12.3. The summed E-state index contributed by atoms with van der Waals surface area (Å²) in [4.78, 5) is 27.5. The molecule has 1 amide bonds. The van der Waals surface area contributed by atoms with Crippen LogP contribution in [-0.2, 0) is 4.79 Å². The van der Waals surface area contributed by atoms with Gasteiger partial charge in [-0.1, -0.05) is 23.9 Å². The van der Waals surface area contributed by atoms with Crippen LogP contribution in [0.5, 0.6) is 5.75 Å². The van der Waals surface area contributed by atoms with Gasteiger partial charge in [-0.2, -0.15) is 5.26 Å². The Kier molecular flexibility index (Phi) is 5.95. The summed E-state index contributed by atoms with van der Waals surface area (Å²) >= 11 is 1.10. The minimum atomic E-state index is -0.591. The van der Waals surface area contributed by atoms with E-state index in [1.165, 1.54) is 25.3 Å². The van der Waals surface area contributed by atoms with Crippen molar-refractivity contribution < 1.29 is 14.5 Å². The SMILES string of the molecule is COc1ccc(NC(=O)CSc2nc3cc(C)ccc3cc2C#N)c([N+](=O)[O-])c1. The molecule has 0 radical (unpaired) electrons. The minimum Gasteiger partial charge on any atom is -0.496 e. The van der Waals surface area contributed by atoms with Crippen molar-refractivity contribution in [1.82, 2.24) is 4.98 Å². The summed E-state index contributed by atoms with van der Waals surface area (Å²) in [5.41, 5.74) is 1.95. The molecule has 0 bridgehead atoms. The number of amides is 1. The van der Waals surface area contributed by atoms with Gasteiger partial charge in [0.25, 0.3) is 5.69 Å². The molecule has 2 aromatic carbocycles. The summed E-state index contributed by atoms with van der Waals surface area (Å²) in [6, 6.07) is 13.7. The molecule has 1 N–H and O–H groups in total. The summed E-state index contributed by atoms with van der Waals surface area (Å²) in [6.07, 6.45) is 0. The van der Waals surface area contributed by atoms with Crippen molar-refractivity contribution in [3.05, 3.63) is 63.7 Å². The van der Waals surface area contributed by atoms with E-state index in [1.807, 2.05) is 25.1 Å². The lowest BCUT2D eigenvalue weighted by atomic mass is 10.1. The first-order chi connectivity index (χ1) is 13.9. The van der Waals surface area contributed by atoms with Gasteiger partial charge in [0.1, 0.15) is 22.5 Å². The summed E-state index contributed by atoms with van der Waals surface area (Å²) in [6.45, 7) is 1.95. The first-order valence-electron chi connectivity index (χ1n) is 8.48. The maximum absolute atomic E-state index is 12.3. The van der Waals surface area contributed by atoms with Crippen LogP contribution in [0.15, 0.2) is 47.5 Å². The van der Waals surface area contributed by atoms with Crippen LogP contribution in [0.4, 0.5) is 11.4 Å². The van der Waals surface area contributed by atoms with Gasteiger partial charge in [0.05, 0.1) is 34.9 Å². The molecular weight excluding hydrogens is 392 g/mol. The number of hydrogen-bond donors (Lipinski definition) is 1. The maximum Gasteiger partial charge on any atom is 0.296 e. The number of nitrogens with one attached hydrogen (secondary N) is 1. The number of ether oxygens (including phenoxy) is 1. The first kappa shape index (κ1) is 20.1. The molecule has 0 aliphatic rings. The number of thioether (sulfide) groups is 1. The molecule has 0 spiro atoms. The van der Waals surface area contributed by atoms with Gasteiger partial charge >= 0.3 is 0 Å². The number of nitrogens with zero attached hydrogens (tertiary/aromatic N) is 3. The molecule has 1 heterocycles.